The number of aromatic nitrogens is 4. The summed E-state index contributed by atoms with van der Waals surface area (Å²) in [5, 5.41) is 11.9. The molecule has 0 saturated carbocycles. The van der Waals surface area contributed by atoms with Crippen LogP contribution in [0.5, 0.6) is 0 Å². The summed E-state index contributed by atoms with van der Waals surface area (Å²) in [5.41, 5.74) is 0. The molecule has 0 spiro atoms. The predicted octanol–water partition coefficient (Wildman–Crippen LogP) is 2.11. The Balaban J connectivity index is 1.62. The van der Waals surface area contributed by atoms with Gasteiger partial charge in [0.2, 0.25) is 5.89 Å². The first kappa shape index (κ1) is 16.1. The van der Waals surface area contributed by atoms with Crippen molar-refractivity contribution >= 4 is 0 Å². The van der Waals surface area contributed by atoms with E-state index in [0.29, 0.717) is 23.7 Å². The fourth-order valence-electron chi connectivity index (χ4n) is 3.05. The van der Waals surface area contributed by atoms with E-state index in [9.17, 15) is 0 Å². The normalized spacial score (nSPS) is 18.9. The zero-order valence-corrected chi connectivity index (χ0v) is 13.8. The Bertz CT molecular complexity index is 577. The second-order valence-electron chi connectivity index (χ2n) is 6.23. The van der Waals surface area contributed by atoms with Gasteiger partial charge in [-0.3, -0.25) is 4.68 Å². The summed E-state index contributed by atoms with van der Waals surface area (Å²) < 4.78 is 12.9. The van der Waals surface area contributed by atoms with Gasteiger partial charge < -0.3 is 14.6 Å². The quantitative estimate of drug-likeness (QED) is 0.842. The molecule has 3 heterocycles. The minimum absolute atomic E-state index is 0.0905. The molecule has 0 radical (unpaired) electrons. The second kappa shape index (κ2) is 7.70. The lowest BCUT2D eigenvalue weighted by Crippen LogP contribution is -2.38. The molecule has 0 unspecified atom stereocenters. The van der Waals surface area contributed by atoms with E-state index in [1.807, 2.05) is 30.1 Å². The van der Waals surface area contributed by atoms with Crippen LogP contribution in [0.4, 0.5) is 0 Å². The predicted molar refractivity (Wildman–Crippen MR) is 84.8 cm³/mol. The number of rotatable bonds is 7. The van der Waals surface area contributed by atoms with E-state index in [0.717, 1.165) is 39.0 Å². The van der Waals surface area contributed by atoms with Crippen LogP contribution in [0.15, 0.2) is 23.0 Å². The minimum atomic E-state index is 0.0905. The SMILES string of the molecule is Cc1noc([C@@H](N[C@@H](C)CCn2cccn2)C2CCOCC2)n1. The van der Waals surface area contributed by atoms with Crippen molar-refractivity contribution in [3.63, 3.8) is 0 Å². The fraction of sp³-hybridized carbons (Fsp3) is 0.688. The van der Waals surface area contributed by atoms with Crippen molar-refractivity contribution in [2.45, 2.75) is 51.7 Å². The summed E-state index contributed by atoms with van der Waals surface area (Å²) in [6, 6.07) is 2.37. The fourth-order valence-corrected chi connectivity index (χ4v) is 3.05. The van der Waals surface area contributed by atoms with Gasteiger partial charge in [0.05, 0.1) is 6.04 Å². The van der Waals surface area contributed by atoms with E-state index in [1.54, 1.807) is 0 Å². The number of hydrogen-bond donors (Lipinski definition) is 1. The van der Waals surface area contributed by atoms with Crippen LogP contribution in [0, 0.1) is 12.8 Å². The van der Waals surface area contributed by atoms with Crippen LogP contribution in [0.25, 0.3) is 0 Å². The smallest absolute Gasteiger partial charge is 0.244 e. The molecular formula is C16H25N5O2. The molecule has 0 bridgehead atoms. The molecule has 1 N–H and O–H groups in total. The van der Waals surface area contributed by atoms with Gasteiger partial charge in [0.15, 0.2) is 5.82 Å². The van der Waals surface area contributed by atoms with E-state index in [4.69, 9.17) is 9.26 Å². The molecule has 2 aromatic rings. The molecule has 3 rings (SSSR count). The lowest BCUT2D eigenvalue weighted by atomic mass is 9.91. The number of aryl methyl sites for hydroxylation is 2. The molecule has 0 aliphatic carbocycles. The highest BCUT2D eigenvalue weighted by atomic mass is 16.5. The second-order valence-corrected chi connectivity index (χ2v) is 6.23. The summed E-state index contributed by atoms with van der Waals surface area (Å²) in [4.78, 5) is 4.45. The monoisotopic (exact) mass is 319 g/mol. The van der Waals surface area contributed by atoms with E-state index >= 15 is 0 Å². The molecule has 23 heavy (non-hydrogen) atoms. The van der Waals surface area contributed by atoms with E-state index in [2.05, 4.69) is 27.5 Å². The van der Waals surface area contributed by atoms with Crippen molar-refractivity contribution < 1.29 is 9.26 Å². The van der Waals surface area contributed by atoms with Crippen LogP contribution in [0.1, 0.15) is 43.9 Å². The van der Waals surface area contributed by atoms with Gasteiger partial charge in [-0.1, -0.05) is 5.16 Å². The van der Waals surface area contributed by atoms with Crippen molar-refractivity contribution in [1.82, 2.24) is 25.2 Å². The van der Waals surface area contributed by atoms with Gasteiger partial charge in [0, 0.05) is 38.2 Å². The summed E-state index contributed by atoms with van der Waals surface area (Å²) in [6.07, 6.45) is 6.83. The Kier molecular flexibility index (Phi) is 5.40. The van der Waals surface area contributed by atoms with Gasteiger partial charge in [-0.2, -0.15) is 10.1 Å². The van der Waals surface area contributed by atoms with Crippen molar-refractivity contribution in [3.05, 3.63) is 30.2 Å². The highest BCUT2D eigenvalue weighted by Crippen LogP contribution is 2.29. The first-order valence-corrected chi connectivity index (χ1v) is 8.34. The topological polar surface area (TPSA) is 78.0 Å². The lowest BCUT2D eigenvalue weighted by molar-refractivity contribution is 0.0468. The molecule has 7 heteroatoms. The van der Waals surface area contributed by atoms with Crippen molar-refractivity contribution in [2.75, 3.05) is 13.2 Å². The van der Waals surface area contributed by atoms with E-state index < -0.39 is 0 Å². The highest BCUT2D eigenvalue weighted by molar-refractivity contribution is 4.96. The van der Waals surface area contributed by atoms with Gasteiger partial charge >= 0.3 is 0 Å². The number of ether oxygens (including phenoxy) is 1. The van der Waals surface area contributed by atoms with Crippen LogP contribution in [0.2, 0.25) is 0 Å². The van der Waals surface area contributed by atoms with E-state index in [1.165, 1.54) is 0 Å². The number of nitrogens with zero attached hydrogens (tertiary/aromatic N) is 4. The van der Waals surface area contributed by atoms with Crippen LogP contribution in [0.3, 0.4) is 0 Å². The largest absolute Gasteiger partial charge is 0.381 e. The molecule has 1 fully saturated rings. The zero-order valence-electron chi connectivity index (χ0n) is 13.8. The van der Waals surface area contributed by atoms with Crippen LogP contribution < -0.4 is 5.32 Å². The molecule has 1 aliphatic rings. The van der Waals surface area contributed by atoms with Gasteiger partial charge in [0.25, 0.3) is 0 Å². The number of hydrogen-bond acceptors (Lipinski definition) is 6. The summed E-state index contributed by atoms with van der Waals surface area (Å²) >= 11 is 0. The minimum Gasteiger partial charge on any atom is -0.381 e. The Morgan fingerprint density at radius 3 is 2.87 bits per heavy atom. The Morgan fingerprint density at radius 1 is 1.39 bits per heavy atom. The summed E-state index contributed by atoms with van der Waals surface area (Å²) in [6.45, 7) is 6.55. The third-order valence-corrected chi connectivity index (χ3v) is 4.36. The van der Waals surface area contributed by atoms with Gasteiger partial charge in [0.1, 0.15) is 0 Å². The lowest BCUT2D eigenvalue weighted by Gasteiger charge is -2.30. The molecule has 126 valence electrons. The Labute approximate surface area is 136 Å². The van der Waals surface area contributed by atoms with Crippen LogP contribution >= 0.6 is 0 Å². The molecule has 2 aromatic heterocycles. The maximum atomic E-state index is 5.49. The van der Waals surface area contributed by atoms with Gasteiger partial charge in [-0.25, -0.2) is 0 Å². The first-order chi connectivity index (χ1) is 11.2. The maximum absolute atomic E-state index is 5.49. The van der Waals surface area contributed by atoms with Crippen molar-refractivity contribution in [2.24, 2.45) is 5.92 Å². The summed E-state index contributed by atoms with van der Waals surface area (Å²) in [5.74, 6) is 1.85. The van der Waals surface area contributed by atoms with Crippen molar-refractivity contribution in [1.29, 1.82) is 0 Å². The molecule has 2 atom stereocenters. The highest BCUT2D eigenvalue weighted by Gasteiger charge is 2.30. The molecule has 1 saturated heterocycles. The third kappa shape index (κ3) is 4.39. The molecule has 1 aliphatic heterocycles. The van der Waals surface area contributed by atoms with Gasteiger partial charge in [-0.05, 0) is 45.1 Å². The third-order valence-electron chi connectivity index (χ3n) is 4.36. The molecule has 0 aromatic carbocycles. The van der Waals surface area contributed by atoms with Gasteiger partial charge in [-0.15, -0.1) is 0 Å². The Morgan fingerprint density at radius 2 is 2.22 bits per heavy atom. The number of nitrogens with one attached hydrogen (secondary N) is 1. The first-order valence-electron chi connectivity index (χ1n) is 8.34. The van der Waals surface area contributed by atoms with Crippen molar-refractivity contribution in [3.8, 4) is 0 Å². The summed E-state index contributed by atoms with van der Waals surface area (Å²) in [7, 11) is 0. The molecular weight excluding hydrogens is 294 g/mol. The van der Waals surface area contributed by atoms with E-state index in [-0.39, 0.29) is 6.04 Å². The van der Waals surface area contributed by atoms with Crippen LogP contribution in [-0.2, 0) is 11.3 Å². The average Bonchev–Trinajstić information content (AvgIpc) is 3.23. The van der Waals surface area contributed by atoms with Crippen LogP contribution in [-0.4, -0.2) is 39.2 Å². The Hall–Kier alpha value is -1.73. The standard InChI is InChI=1S/C16H25N5O2/c1-12(4-9-21-8-3-7-17-21)18-15(14-5-10-22-11-6-14)16-19-13(2)20-23-16/h3,7-8,12,14-15,18H,4-6,9-11H2,1-2H3/t12-,15-/m0/s1. The molecule has 0 amide bonds. The maximum Gasteiger partial charge on any atom is 0.244 e. The molecule has 7 nitrogen and oxygen atoms in total. The zero-order chi connectivity index (χ0) is 16.1. The average molecular weight is 319 g/mol.